The Morgan fingerprint density at radius 3 is 2.44 bits per heavy atom. The molecule has 0 fully saturated rings. The largest absolute Gasteiger partial charge is 0.299 e. The zero-order valence-corrected chi connectivity index (χ0v) is 10.0. The molecule has 1 aromatic rings. The van der Waals surface area contributed by atoms with Gasteiger partial charge in [-0.1, -0.05) is 30.1 Å². The summed E-state index contributed by atoms with van der Waals surface area (Å²) in [5.41, 5.74) is 0.127. The Morgan fingerprint density at radius 2 is 1.94 bits per heavy atom. The van der Waals surface area contributed by atoms with Gasteiger partial charge in [-0.25, -0.2) is 0 Å². The van der Waals surface area contributed by atoms with Crippen molar-refractivity contribution in [1.29, 1.82) is 0 Å². The normalized spacial score (nSPS) is 10.2. The lowest BCUT2D eigenvalue weighted by Crippen LogP contribution is -2.04. The van der Waals surface area contributed by atoms with Crippen molar-refractivity contribution >= 4 is 34.7 Å². The molecule has 0 saturated carbocycles. The maximum Gasteiger partial charge on any atom is 0.274 e. The van der Waals surface area contributed by atoms with Gasteiger partial charge in [0.1, 0.15) is 5.78 Å². The molecule has 86 valence electrons. The minimum atomic E-state index is -0.569. The monoisotopic (exact) mass is 261 g/mol. The highest BCUT2D eigenvalue weighted by molar-refractivity contribution is 6.42. The first-order chi connectivity index (χ1) is 7.45. The van der Waals surface area contributed by atoms with Crippen LogP contribution in [-0.4, -0.2) is 10.7 Å². The average Bonchev–Trinajstić information content (AvgIpc) is 2.22. The van der Waals surface area contributed by atoms with Crippen molar-refractivity contribution in [1.82, 2.24) is 0 Å². The summed E-state index contributed by atoms with van der Waals surface area (Å²) in [5, 5.41) is 11.1. The number of carbonyl (C=O) groups excluding carboxylic acids is 1. The van der Waals surface area contributed by atoms with E-state index in [-0.39, 0.29) is 27.9 Å². The summed E-state index contributed by atoms with van der Waals surface area (Å²) in [5.74, 6) is -0.0820. The van der Waals surface area contributed by atoms with Gasteiger partial charge in [0.15, 0.2) is 0 Å². The number of nitrogens with zero attached hydrogens (tertiary/aromatic N) is 1. The highest BCUT2D eigenvalue weighted by Gasteiger charge is 2.18. The molecule has 0 amide bonds. The Kier molecular flexibility index (Phi) is 4.26. The Labute approximate surface area is 102 Å². The van der Waals surface area contributed by atoms with Crippen LogP contribution in [0, 0.1) is 10.1 Å². The van der Waals surface area contributed by atoms with Crippen molar-refractivity contribution in [3.8, 4) is 0 Å². The second-order valence-electron chi connectivity index (χ2n) is 3.22. The molecule has 0 radical (unpaired) electrons. The fourth-order valence-electron chi connectivity index (χ4n) is 1.23. The van der Waals surface area contributed by atoms with Gasteiger partial charge in [0.2, 0.25) is 0 Å². The van der Waals surface area contributed by atoms with E-state index in [2.05, 4.69) is 0 Å². The maximum absolute atomic E-state index is 11.3. The molecule has 0 heterocycles. The van der Waals surface area contributed by atoms with Crippen molar-refractivity contribution in [3.05, 3.63) is 37.9 Å². The summed E-state index contributed by atoms with van der Waals surface area (Å²) in [7, 11) is 0. The summed E-state index contributed by atoms with van der Waals surface area (Å²) >= 11 is 11.4. The average molecular weight is 262 g/mol. The van der Waals surface area contributed by atoms with E-state index < -0.39 is 4.92 Å². The predicted octanol–water partition coefficient (Wildman–Crippen LogP) is 3.42. The van der Waals surface area contributed by atoms with E-state index in [1.54, 1.807) is 6.92 Å². The molecule has 1 aromatic carbocycles. The van der Waals surface area contributed by atoms with E-state index in [4.69, 9.17) is 23.2 Å². The Balaban J connectivity index is 3.19. The van der Waals surface area contributed by atoms with Crippen LogP contribution in [0.5, 0.6) is 0 Å². The number of Topliss-reactive ketones (excluding diaryl/α,β-unsaturated/α-hetero) is 1. The Bertz CT molecular complexity index is 446. The number of nitro benzene ring substituents is 1. The zero-order valence-electron chi connectivity index (χ0n) is 8.50. The number of halogens is 2. The predicted molar refractivity (Wildman–Crippen MR) is 62.1 cm³/mol. The van der Waals surface area contributed by atoms with Crippen LogP contribution in [0.3, 0.4) is 0 Å². The first-order valence-electron chi connectivity index (χ1n) is 4.59. The Morgan fingerprint density at radius 1 is 1.38 bits per heavy atom. The SMILES string of the molecule is CCC(=O)Cc1cc(Cl)c(Cl)cc1[N+](=O)[O-]. The molecule has 4 nitrogen and oxygen atoms in total. The van der Waals surface area contributed by atoms with Crippen molar-refractivity contribution in [2.24, 2.45) is 0 Å². The standard InChI is InChI=1S/C10H9Cl2NO3/c1-2-7(14)3-6-4-8(11)9(12)5-10(6)13(15)16/h4-5H,2-3H2,1H3. The Hall–Kier alpha value is -1.13. The van der Waals surface area contributed by atoms with Gasteiger partial charge in [0.05, 0.1) is 15.0 Å². The minimum Gasteiger partial charge on any atom is -0.299 e. The third-order valence-corrected chi connectivity index (χ3v) is 2.82. The number of benzene rings is 1. The van der Waals surface area contributed by atoms with Crippen LogP contribution in [0.4, 0.5) is 5.69 Å². The molecule has 0 aliphatic rings. The molecule has 0 saturated heterocycles. The summed E-state index contributed by atoms with van der Waals surface area (Å²) in [6, 6.07) is 2.54. The van der Waals surface area contributed by atoms with Crippen LogP contribution in [0.15, 0.2) is 12.1 Å². The van der Waals surface area contributed by atoms with Gasteiger partial charge in [-0.2, -0.15) is 0 Å². The van der Waals surface area contributed by atoms with E-state index in [1.807, 2.05) is 0 Å². The highest BCUT2D eigenvalue weighted by atomic mass is 35.5. The fraction of sp³-hybridized carbons (Fsp3) is 0.300. The lowest BCUT2D eigenvalue weighted by Gasteiger charge is -2.03. The van der Waals surface area contributed by atoms with E-state index >= 15 is 0 Å². The van der Waals surface area contributed by atoms with Gasteiger partial charge in [-0.15, -0.1) is 0 Å². The number of hydrogen-bond acceptors (Lipinski definition) is 3. The van der Waals surface area contributed by atoms with Gasteiger partial charge in [-0.05, 0) is 6.07 Å². The molecule has 0 spiro atoms. The van der Waals surface area contributed by atoms with E-state index in [0.29, 0.717) is 12.0 Å². The maximum atomic E-state index is 11.3. The number of hydrogen-bond donors (Lipinski definition) is 0. The van der Waals surface area contributed by atoms with Crippen LogP contribution in [0.2, 0.25) is 10.0 Å². The van der Waals surface area contributed by atoms with Crippen molar-refractivity contribution < 1.29 is 9.72 Å². The summed E-state index contributed by atoms with van der Waals surface area (Å²) in [6.45, 7) is 1.70. The van der Waals surface area contributed by atoms with E-state index in [0.717, 1.165) is 0 Å². The zero-order chi connectivity index (χ0) is 12.3. The number of rotatable bonds is 4. The molecular weight excluding hydrogens is 253 g/mol. The second-order valence-corrected chi connectivity index (χ2v) is 4.04. The summed E-state index contributed by atoms with van der Waals surface area (Å²) in [4.78, 5) is 21.4. The van der Waals surface area contributed by atoms with Gasteiger partial charge in [-0.3, -0.25) is 14.9 Å². The molecule has 0 N–H and O–H groups in total. The van der Waals surface area contributed by atoms with E-state index in [1.165, 1.54) is 12.1 Å². The van der Waals surface area contributed by atoms with Crippen LogP contribution < -0.4 is 0 Å². The van der Waals surface area contributed by atoms with Gasteiger partial charge in [0.25, 0.3) is 5.69 Å². The molecule has 0 aliphatic heterocycles. The second kappa shape index (κ2) is 5.27. The molecule has 0 bridgehead atoms. The molecule has 6 heteroatoms. The van der Waals surface area contributed by atoms with Crippen LogP contribution in [-0.2, 0) is 11.2 Å². The lowest BCUT2D eigenvalue weighted by atomic mass is 10.1. The van der Waals surface area contributed by atoms with Crippen molar-refractivity contribution in [3.63, 3.8) is 0 Å². The van der Waals surface area contributed by atoms with Crippen molar-refractivity contribution in [2.75, 3.05) is 0 Å². The van der Waals surface area contributed by atoms with Crippen molar-refractivity contribution in [2.45, 2.75) is 19.8 Å². The van der Waals surface area contributed by atoms with Gasteiger partial charge < -0.3 is 0 Å². The van der Waals surface area contributed by atoms with Gasteiger partial charge in [0, 0.05) is 24.5 Å². The number of nitro groups is 1. The van der Waals surface area contributed by atoms with E-state index in [9.17, 15) is 14.9 Å². The summed E-state index contributed by atoms with van der Waals surface area (Å²) < 4.78 is 0. The first kappa shape index (κ1) is 12.9. The molecule has 0 aromatic heterocycles. The van der Waals surface area contributed by atoms with Gasteiger partial charge >= 0.3 is 0 Å². The molecule has 0 unspecified atom stereocenters. The smallest absolute Gasteiger partial charge is 0.274 e. The van der Waals surface area contributed by atoms with Crippen LogP contribution >= 0.6 is 23.2 Å². The quantitative estimate of drug-likeness (QED) is 0.616. The van der Waals surface area contributed by atoms with Crippen LogP contribution in [0.25, 0.3) is 0 Å². The highest BCUT2D eigenvalue weighted by Crippen LogP contribution is 2.30. The summed E-state index contributed by atoms with van der Waals surface area (Å²) in [6.07, 6.45) is 0.334. The third-order valence-electron chi connectivity index (χ3n) is 2.10. The lowest BCUT2D eigenvalue weighted by molar-refractivity contribution is -0.385. The topological polar surface area (TPSA) is 60.2 Å². The molecule has 1 rings (SSSR count). The number of carbonyl (C=O) groups is 1. The molecular formula is C10H9Cl2NO3. The van der Waals surface area contributed by atoms with Crippen LogP contribution in [0.1, 0.15) is 18.9 Å². The number of ketones is 1. The third kappa shape index (κ3) is 2.93. The first-order valence-corrected chi connectivity index (χ1v) is 5.35. The molecule has 16 heavy (non-hydrogen) atoms. The molecule has 0 aliphatic carbocycles. The molecule has 0 atom stereocenters. The minimum absolute atomic E-state index is 0.00367. The fourth-order valence-corrected chi connectivity index (χ4v) is 1.57.